The van der Waals surface area contributed by atoms with E-state index < -0.39 is 78.2 Å². The standard InChI is InChI=1S/C43H69N5O10/c1-24-21-42(7,52)38(58-40-34(49)32(47(9)10)20-25(2)54-40)26(3)35(56-33-22-43(8,53-12)37(50)29(6)55-33)27(4)39(51)57-36(28(5)48(11)23-24)31-18-19-44-41(46-31)45-30-16-14-13-15-17-30/h13-19,24-29,32-38,40,49-50,52H,20-23H2,1-12H3,(H,44,45,46)/t24-,25-,26+,27-,28+,29+,32+,33+,34-,35+,36-,37+,38-,40+,42+,43-/m1/s1. The number of aliphatic hydroxyl groups excluding tert-OH is 2. The van der Waals surface area contributed by atoms with Gasteiger partial charge in [0.2, 0.25) is 5.95 Å². The number of carbonyl (C=O) groups is 1. The Morgan fingerprint density at radius 1 is 0.983 bits per heavy atom. The van der Waals surface area contributed by atoms with Crippen molar-refractivity contribution in [2.45, 2.75) is 153 Å². The van der Waals surface area contributed by atoms with Gasteiger partial charge in [-0.1, -0.05) is 32.0 Å². The molecule has 0 amide bonds. The van der Waals surface area contributed by atoms with Crippen molar-refractivity contribution in [3.8, 4) is 0 Å². The normalized spacial score (nSPS) is 41.2. The lowest BCUT2D eigenvalue weighted by Gasteiger charge is -2.48. The van der Waals surface area contributed by atoms with Crippen LogP contribution < -0.4 is 5.32 Å². The van der Waals surface area contributed by atoms with Crippen LogP contribution in [0.5, 0.6) is 0 Å². The monoisotopic (exact) mass is 816 g/mol. The smallest absolute Gasteiger partial charge is 0.312 e. The highest BCUT2D eigenvalue weighted by molar-refractivity contribution is 5.73. The number of aromatic nitrogens is 2. The molecule has 0 bridgehead atoms. The second-order valence-corrected chi connectivity index (χ2v) is 17.8. The number of ether oxygens (including phenoxy) is 6. The summed E-state index contributed by atoms with van der Waals surface area (Å²) in [6.07, 6.45) is -4.91. The summed E-state index contributed by atoms with van der Waals surface area (Å²) in [5, 5.41) is 38.5. The molecule has 0 radical (unpaired) electrons. The predicted octanol–water partition coefficient (Wildman–Crippen LogP) is 4.29. The number of benzene rings is 1. The predicted molar refractivity (Wildman–Crippen MR) is 218 cm³/mol. The van der Waals surface area contributed by atoms with Crippen molar-refractivity contribution in [3.05, 3.63) is 48.3 Å². The zero-order valence-electron chi connectivity index (χ0n) is 36.4. The van der Waals surface area contributed by atoms with Gasteiger partial charge in [0.05, 0.1) is 47.2 Å². The Bertz CT molecular complexity index is 1620. The molecule has 16 atom stereocenters. The second kappa shape index (κ2) is 19.3. The van der Waals surface area contributed by atoms with E-state index in [1.807, 2.05) is 77.1 Å². The van der Waals surface area contributed by atoms with Crippen LogP contribution in [0.2, 0.25) is 0 Å². The summed E-state index contributed by atoms with van der Waals surface area (Å²) in [5.41, 5.74) is -1.18. The first-order valence-corrected chi connectivity index (χ1v) is 20.7. The van der Waals surface area contributed by atoms with Crippen molar-refractivity contribution < 1.29 is 48.5 Å². The number of methoxy groups -OCH3 is 1. The third kappa shape index (κ3) is 10.7. The number of hydrogen-bond donors (Lipinski definition) is 4. The Balaban J connectivity index is 1.56. The molecule has 326 valence electrons. The van der Waals surface area contributed by atoms with Gasteiger partial charge in [-0.05, 0) is 99.6 Å². The summed E-state index contributed by atoms with van der Waals surface area (Å²) < 4.78 is 38.4. The molecule has 58 heavy (non-hydrogen) atoms. The maximum absolute atomic E-state index is 14.7. The van der Waals surface area contributed by atoms with E-state index in [1.54, 1.807) is 40.0 Å². The van der Waals surface area contributed by atoms with Crippen molar-refractivity contribution in [1.82, 2.24) is 19.8 Å². The number of anilines is 2. The van der Waals surface area contributed by atoms with E-state index in [-0.39, 0.29) is 30.5 Å². The van der Waals surface area contributed by atoms with Gasteiger partial charge in [0, 0.05) is 50.0 Å². The van der Waals surface area contributed by atoms with E-state index in [4.69, 9.17) is 33.4 Å². The Morgan fingerprint density at radius 3 is 2.33 bits per heavy atom. The fourth-order valence-electron chi connectivity index (χ4n) is 9.06. The van der Waals surface area contributed by atoms with E-state index in [0.29, 0.717) is 31.0 Å². The molecule has 4 heterocycles. The van der Waals surface area contributed by atoms with E-state index in [2.05, 4.69) is 22.1 Å². The number of carbonyl (C=O) groups excluding carboxylic acids is 1. The number of likely N-dealkylation sites (N-methyl/N-ethyl adjacent to an activating group) is 2. The molecule has 0 unspecified atom stereocenters. The molecule has 5 rings (SSSR count). The molecule has 4 N–H and O–H groups in total. The lowest BCUT2D eigenvalue weighted by atomic mass is 9.77. The molecule has 0 saturated carbocycles. The van der Waals surface area contributed by atoms with Crippen LogP contribution in [0.3, 0.4) is 0 Å². The molecular weight excluding hydrogens is 746 g/mol. The number of nitrogens with one attached hydrogen (secondary N) is 1. The summed E-state index contributed by atoms with van der Waals surface area (Å²) in [6.45, 7) is 15.4. The van der Waals surface area contributed by atoms with Crippen molar-refractivity contribution in [3.63, 3.8) is 0 Å². The highest BCUT2D eigenvalue weighted by atomic mass is 16.7. The maximum Gasteiger partial charge on any atom is 0.312 e. The summed E-state index contributed by atoms with van der Waals surface area (Å²) in [6, 6.07) is 10.7. The molecule has 2 aromatic rings. The first kappa shape index (κ1) is 46.2. The summed E-state index contributed by atoms with van der Waals surface area (Å²) in [7, 11) is 7.31. The molecule has 3 aliphatic heterocycles. The summed E-state index contributed by atoms with van der Waals surface area (Å²) in [5.74, 6) is -1.92. The average Bonchev–Trinajstić information content (AvgIpc) is 3.17. The zero-order valence-corrected chi connectivity index (χ0v) is 36.4. The average molecular weight is 816 g/mol. The van der Waals surface area contributed by atoms with Gasteiger partial charge in [-0.25, -0.2) is 9.97 Å². The summed E-state index contributed by atoms with van der Waals surface area (Å²) in [4.78, 5) is 28.0. The second-order valence-electron chi connectivity index (χ2n) is 17.8. The van der Waals surface area contributed by atoms with E-state index >= 15 is 0 Å². The van der Waals surface area contributed by atoms with Gasteiger partial charge < -0.3 is 54.0 Å². The zero-order chi connectivity index (χ0) is 42.7. The van der Waals surface area contributed by atoms with Crippen LogP contribution in [0.4, 0.5) is 11.6 Å². The molecule has 1 aromatic carbocycles. The lowest BCUT2D eigenvalue weighted by molar-refractivity contribution is -0.317. The quantitative estimate of drug-likeness (QED) is 0.264. The number of esters is 1. The number of aliphatic hydroxyl groups is 3. The fraction of sp³-hybridized carbons (Fsp3) is 0.744. The van der Waals surface area contributed by atoms with Crippen LogP contribution in [0.25, 0.3) is 0 Å². The molecule has 3 saturated heterocycles. The van der Waals surface area contributed by atoms with Gasteiger partial charge in [0.25, 0.3) is 0 Å². The number of rotatable bonds is 9. The van der Waals surface area contributed by atoms with Crippen LogP contribution >= 0.6 is 0 Å². The van der Waals surface area contributed by atoms with Gasteiger partial charge in [0.15, 0.2) is 18.7 Å². The van der Waals surface area contributed by atoms with Gasteiger partial charge in [-0.15, -0.1) is 0 Å². The molecule has 3 fully saturated rings. The number of para-hydroxylation sites is 1. The molecule has 0 aliphatic carbocycles. The maximum atomic E-state index is 14.7. The highest BCUT2D eigenvalue weighted by Gasteiger charge is 2.52. The Kier molecular flexibility index (Phi) is 15.4. The number of cyclic esters (lactones) is 1. The summed E-state index contributed by atoms with van der Waals surface area (Å²) >= 11 is 0. The van der Waals surface area contributed by atoms with Crippen LogP contribution in [0.15, 0.2) is 42.6 Å². The van der Waals surface area contributed by atoms with Gasteiger partial charge in [0.1, 0.15) is 12.2 Å². The molecule has 0 spiro atoms. The minimum absolute atomic E-state index is 0.0765. The number of nitrogens with zero attached hydrogens (tertiary/aromatic N) is 4. The van der Waals surface area contributed by atoms with Crippen molar-refractivity contribution in [2.75, 3.05) is 40.1 Å². The van der Waals surface area contributed by atoms with E-state index in [1.165, 1.54) is 7.11 Å². The van der Waals surface area contributed by atoms with Crippen LogP contribution in [0, 0.1) is 17.8 Å². The molecule has 15 nitrogen and oxygen atoms in total. The van der Waals surface area contributed by atoms with E-state index in [0.717, 1.165) is 5.69 Å². The van der Waals surface area contributed by atoms with Crippen molar-refractivity contribution in [1.29, 1.82) is 0 Å². The third-order valence-corrected chi connectivity index (χ3v) is 12.6. The minimum atomic E-state index is -1.50. The highest BCUT2D eigenvalue weighted by Crippen LogP contribution is 2.40. The lowest BCUT2D eigenvalue weighted by Crippen LogP contribution is -2.60. The Hall–Kier alpha value is -2.83. The SMILES string of the molecule is CO[C@]1(C)C[C@H](O[C@H]2[C@H](C)[C@@H](O[C@@H]3O[C@H](C)C[C@H](N(C)C)[C@H]3O)[C@@](C)(O)C[C@@H](C)CN(C)[C@@H](C)[C@H](c3ccnc(Nc4ccccc4)n3)OC(=O)[C@@H]2C)O[C@@H](C)[C@@H]1O. The van der Waals surface area contributed by atoms with Crippen molar-refractivity contribution in [2.24, 2.45) is 17.8 Å². The molecule has 15 heteroatoms. The van der Waals surface area contributed by atoms with Crippen molar-refractivity contribution >= 4 is 17.6 Å². The molecule has 3 aliphatic rings. The van der Waals surface area contributed by atoms with E-state index in [9.17, 15) is 20.1 Å². The fourth-order valence-corrected chi connectivity index (χ4v) is 9.06. The van der Waals surface area contributed by atoms with Crippen LogP contribution in [0.1, 0.15) is 86.5 Å². The Labute approximate surface area is 344 Å². The van der Waals surface area contributed by atoms with Gasteiger partial charge in [-0.3, -0.25) is 9.69 Å². The van der Waals surface area contributed by atoms with Gasteiger partial charge >= 0.3 is 5.97 Å². The van der Waals surface area contributed by atoms with Crippen LogP contribution in [-0.2, 0) is 33.2 Å². The third-order valence-electron chi connectivity index (χ3n) is 12.6. The topological polar surface area (TPSA) is 177 Å². The molecule has 1 aromatic heterocycles. The minimum Gasteiger partial charge on any atom is -0.454 e. The first-order chi connectivity index (χ1) is 27.2. The first-order valence-electron chi connectivity index (χ1n) is 20.7. The largest absolute Gasteiger partial charge is 0.454 e. The molecular formula is C43H69N5O10. The van der Waals surface area contributed by atoms with Gasteiger partial charge in [-0.2, -0.15) is 0 Å². The van der Waals surface area contributed by atoms with Crippen LogP contribution in [-0.4, -0.2) is 148 Å². The Morgan fingerprint density at radius 2 is 1.67 bits per heavy atom. The number of hydrogen-bond acceptors (Lipinski definition) is 15.